The average Bonchev–Trinajstić information content (AvgIpc) is 3.58. The molecule has 0 aliphatic carbocycles. The van der Waals surface area contributed by atoms with E-state index in [2.05, 4.69) is 130 Å². The van der Waals surface area contributed by atoms with Crippen LogP contribution in [0.5, 0.6) is 0 Å². The lowest BCUT2D eigenvalue weighted by molar-refractivity contribution is 0.558. The summed E-state index contributed by atoms with van der Waals surface area (Å²) < 4.78 is 8.63. The number of anilines is 1. The van der Waals surface area contributed by atoms with Crippen molar-refractivity contribution in [2.24, 2.45) is 0 Å². The number of para-hydroxylation sites is 3. The van der Waals surface area contributed by atoms with Crippen molar-refractivity contribution in [2.75, 3.05) is 5.32 Å². The largest absolute Gasteiger partial charge is 0.460 e. The first-order valence-electron chi connectivity index (χ1n) is 15.1. The average molecular weight is 552 g/mol. The number of nitrogens with zero attached hydrogens (tertiary/aromatic N) is 2. The van der Waals surface area contributed by atoms with Gasteiger partial charge in [0.1, 0.15) is 23.2 Å². The Morgan fingerprint density at radius 3 is 2.19 bits per heavy atom. The van der Waals surface area contributed by atoms with Gasteiger partial charge in [-0.25, -0.2) is 4.98 Å². The number of benzene rings is 4. The molecule has 1 aliphatic rings. The highest BCUT2D eigenvalue weighted by Gasteiger charge is 2.32. The van der Waals surface area contributed by atoms with Gasteiger partial charge in [0.25, 0.3) is 0 Å². The summed E-state index contributed by atoms with van der Waals surface area (Å²) in [5.74, 6) is 2.70. The Hall–Kier alpha value is -4.57. The minimum absolute atomic E-state index is 0.164. The van der Waals surface area contributed by atoms with Gasteiger partial charge < -0.3 is 14.3 Å². The van der Waals surface area contributed by atoms with E-state index in [1.165, 1.54) is 33.5 Å². The van der Waals surface area contributed by atoms with Crippen molar-refractivity contribution in [3.8, 4) is 28.1 Å². The Morgan fingerprint density at radius 1 is 0.786 bits per heavy atom. The van der Waals surface area contributed by atoms with E-state index < -0.39 is 0 Å². The number of aromatic nitrogens is 2. The fourth-order valence-electron chi connectivity index (χ4n) is 6.59. The molecular weight excluding hydrogens is 514 g/mol. The lowest BCUT2D eigenvalue weighted by atomic mass is 9.90. The minimum atomic E-state index is -0.164. The molecule has 2 aromatic heterocycles. The highest BCUT2D eigenvalue weighted by Crippen LogP contribution is 2.45. The highest BCUT2D eigenvalue weighted by atomic mass is 16.3. The summed E-state index contributed by atoms with van der Waals surface area (Å²) in [6.45, 7) is 11.2. The molecule has 1 N–H and O–H groups in total. The fraction of sp³-hybridized carbons (Fsp3) is 0.237. The molecule has 4 heteroatoms. The van der Waals surface area contributed by atoms with Gasteiger partial charge in [-0.2, -0.15) is 0 Å². The van der Waals surface area contributed by atoms with Gasteiger partial charge in [-0.3, -0.25) is 0 Å². The Kier molecular flexibility index (Phi) is 6.50. The van der Waals surface area contributed by atoms with E-state index in [9.17, 15) is 0 Å². The first kappa shape index (κ1) is 26.3. The van der Waals surface area contributed by atoms with Crippen LogP contribution >= 0.6 is 0 Å². The van der Waals surface area contributed by atoms with Gasteiger partial charge in [-0.15, -0.1) is 0 Å². The number of aryl methyl sites for hydroxylation is 1. The van der Waals surface area contributed by atoms with Crippen LogP contribution in [0, 0.1) is 0 Å². The fourth-order valence-corrected chi connectivity index (χ4v) is 6.59. The molecule has 4 aromatic carbocycles. The molecule has 4 nitrogen and oxygen atoms in total. The van der Waals surface area contributed by atoms with Crippen LogP contribution in [0.15, 0.2) is 102 Å². The molecule has 0 spiro atoms. The Morgan fingerprint density at radius 2 is 1.45 bits per heavy atom. The van der Waals surface area contributed by atoms with Crippen LogP contribution in [0.25, 0.3) is 39.0 Å². The van der Waals surface area contributed by atoms with Crippen molar-refractivity contribution >= 4 is 16.7 Å². The molecule has 0 saturated carbocycles. The molecule has 0 fully saturated rings. The SMILES string of the molecule is CCc1oc2ccccc2c1-c1cn2c(n1)C(Nc1c(C(C)C)cccc1C(C)C)c1ccccc1-c1ccccc1-2. The van der Waals surface area contributed by atoms with Crippen molar-refractivity contribution in [2.45, 2.75) is 58.9 Å². The molecule has 1 aliphatic heterocycles. The number of rotatable bonds is 6. The highest BCUT2D eigenvalue weighted by molar-refractivity contribution is 5.95. The minimum Gasteiger partial charge on any atom is -0.460 e. The van der Waals surface area contributed by atoms with Gasteiger partial charge in [-0.1, -0.05) is 113 Å². The second kappa shape index (κ2) is 10.4. The normalized spacial score (nSPS) is 14.1. The molecule has 42 heavy (non-hydrogen) atoms. The van der Waals surface area contributed by atoms with Gasteiger partial charge in [0.15, 0.2) is 0 Å². The van der Waals surface area contributed by atoms with Crippen LogP contribution in [0.4, 0.5) is 5.69 Å². The number of nitrogens with one attached hydrogen (secondary N) is 1. The zero-order chi connectivity index (χ0) is 29.0. The second-order valence-corrected chi connectivity index (χ2v) is 11.9. The maximum Gasteiger partial charge on any atom is 0.141 e. The molecule has 1 atom stereocenters. The Labute approximate surface area is 248 Å². The molecular formula is C38H37N3O. The van der Waals surface area contributed by atoms with Gasteiger partial charge in [0, 0.05) is 29.3 Å². The van der Waals surface area contributed by atoms with E-state index >= 15 is 0 Å². The summed E-state index contributed by atoms with van der Waals surface area (Å²) in [4.78, 5) is 5.48. The summed E-state index contributed by atoms with van der Waals surface area (Å²) in [6, 6.07) is 32.3. The summed E-state index contributed by atoms with van der Waals surface area (Å²) in [5.41, 5.74) is 11.6. The molecule has 0 bridgehead atoms. The third-order valence-corrected chi connectivity index (χ3v) is 8.62. The van der Waals surface area contributed by atoms with Crippen molar-refractivity contribution in [1.29, 1.82) is 0 Å². The van der Waals surface area contributed by atoms with E-state index in [1.54, 1.807) is 0 Å². The van der Waals surface area contributed by atoms with Crippen molar-refractivity contribution in [3.05, 3.63) is 125 Å². The van der Waals surface area contributed by atoms with E-state index in [0.717, 1.165) is 45.9 Å². The zero-order valence-corrected chi connectivity index (χ0v) is 25.0. The Balaban J connectivity index is 1.51. The summed E-state index contributed by atoms with van der Waals surface area (Å²) in [7, 11) is 0. The smallest absolute Gasteiger partial charge is 0.141 e. The summed E-state index contributed by atoms with van der Waals surface area (Å²) in [6.07, 6.45) is 3.01. The van der Waals surface area contributed by atoms with Gasteiger partial charge >= 0.3 is 0 Å². The van der Waals surface area contributed by atoms with Crippen molar-refractivity contribution in [3.63, 3.8) is 0 Å². The van der Waals surface area contributed by atoms with Crippen LogP contribution in [0.3, 0.4) is 0 Å². The summed E-state index contributed by atoms with van der Waals surface area (Å²) in [5, 5.41) is 5.19. The van der Waals surface area contributed by atoms with Gasteiger partial charge in [0.2, 0.25) is 0 Å². The lowest BCUT2D eigenvalue weighted by Crippen LogP contribution is -2.19. The maximum absolute atomic E-state index is 6.33. The van der Waals surface area contributed by atoms with E-state index in [4.69, 9.17) is 9.40 Å². The monoisotopic (exact) mass is 551 g/mol. The Bertz CT molecular complexity index is 1900. The molecule has 0 radical (unpaired) electrons. The first-order chi connectivity index (χ1) is 20.5. The molecule has 3 heterocycles. The number of fused-ring (bicyclic) bond motifs is 6. The van der Waals surface area contributed by atoms with Gasteiger partial charge in [0.05, 0.1) is 16.9 Å². The molecule has 0 saturated heterocycles. The zero-order valence-electron chi connectivity index (χ0n) is 25.0. The van der Waals surface area contributed by atoms with Crippen LogP contribution in [-0.2, 0) is 6.42 Å². The standard InChI is InChI=1S/C38H37N3O/c1-6-33-35(30-17-10-12-21-34(30)42-33)31-22-41-32-20-11-9-15-28(32)27-14-7-8-16-29(27)37(38(41)39-31)40-36-25(23(2)3)18-13-19-26(36)24(4)5/h7-24,37,40H,6H2,1-5H3. The van der Waals surface area contributed by atoms with Crippen LogP contribution in [-0.4, -0.2) is 9.55 Å². The molecule has 210 valence electrons. The lowest BCUT2D eigenvalue weighted by Gasteiger charge is -2.26. The maximum atomic E-state index is 6.33. The van der Waals surface area contributed by atoms with Crippen LogP contribution < -0.4 is 5.32 Å². The number of hydrogen-bond donors (Lipinski definition) is 1. The van der Waals surface area contributed by atoms with Crippen molar-refractivity contribution < 1.29 is 4.42 Å². The van der Waals surface area contributed by atoms with E-state index in [1.807, 2.05) is 12.1 Å². The third-order valence-electron chi connectivity index (χ3n) is 8.62. The first-order valence-corrected chi connectivity index (χ1v) is 15.1. The molecule has 6 aromatic rings. The molecule has 7 rings (SSSR count). The topological polar surface area (TPSA) is 43.0 Å². The van der Waals surface area contributed by atoms with Crippen LogP contribution in [0.2, 0.25) is 0 Å². The van der Waals surface area contributed by atoms with Crippen LogP contribution in [0.1, 0.15) is 80.8 Å². The van der Waals surface area contributed by atoms with Crippen molar-refractivity contribution in [1.82, 2.24) is 9.55 Å². The summed E-state index contributed by atoms with van der Waals surface area (Å²) >= 11 is 0. The quantitative estimate of drug-likeness (QED) is 0.224. The molecule has 0 amide bonds. The predicted octanol–water partition coefficient (Wildman–Crippen LogP) is 10.3. The molecule has 1 unspecified atom stereocenters. The van der Waals surface area contributed by atoms with E-state index in [0.29, 0.717) is 11.8 Å². The van der Waals surface area contributed by atoms with E-state index in [-0.39, 0.29) is 6.04 Å². The number of imidazole rings is 1. The van der Waals surface area contributed by atoms with Gasteiger partial charge in [-0.05, 0) is 46.2 Å². The second-order valence-electron chi connectivity index (χ2n) is 11.9. The predicted molar refractivity (Wildman–Crippen MR) is 174 cm³/mol. The number of hydrogen-bond acceptors (Lipinski definition) is 3. The third kappa shape index (κ3) is 4.16. The number of furan rings is 1.